The predicted molar refractivity (Wildman–Crippen MR) is 118 cm³/mol. The Morgan fingerprint density at radius 1 is 0.931 bits per heavy atom. The number of hydrogen-bond donors (Lipinski definition) is 0. The van der Waals surface area contributed by atoms with Crippen molar-refractivity contribution in [1.29, 1.82) is 0 Å². The van der Waals surface area contributed by atoms with Crippen molar-refractivity contribution in [2.45, 2.75) is 36.0 Å². The number of hydrogen-bond acceptors (Lipinski definition) is 2. The quantitative estimate of drug-likeness (QED) is 0.414. The van der Waals surface area contributed by atoms with Crippen molar-refractivity contribution in [3.05, 3.63) is 96.2 Å². The molecule has 1 unspecified atom stereocenters. The molecule has 0 aliphatic heterocycles. The van der Waals surface area contributed by atoms with E-state index in [1.54, 1.807) is 10.8 Å². The lowest BCUT2D eigenvalue weighted by molar-refractivity contribution is 0.0900. The van der Waals surface area contributed by atoms with Gasteiger partial charge in [0, 0.05) is 22.9 Å². The molecule has 1 heterocycles. The summed E-state index contributed by atoms with van der Waals surface area (Å²) < 4.78 is 14.9. The molecular weight excluding hydrogens is 378 g/mol. The SMILES string of the molecule is Cc1ccc(S(=O)c2cn(C(=O)C[C@@H](C)c3ccccc3)c3ccccc23)cc1. The molecule has 4 aromatic rings. The largest absolute Gasteiger partial charge is 0.286 e. The van der Waals surface area contributed by atoms with Gasteiger partial charge in [0.05, 0.1) is 21.2 Å². The fourth-order valence-corrected chi connectivity index (χ4v) is 4.76. The van der Waals surface area contributed by atoms with Gasteiger partial charge in [0.25, 0.3) is 0 Å². The first kappa shape index (κ1) is 19.3. The van der Waals surface area contributed by atoms with E-state index in [1.165, 1.54) is 0 Å². The van der Waals surface area contributed by atoms with E-state index < -0.39 is 10.8 Å². The molecular formula is C25H23NO2S. The molecule has 0 spiro atoms. The first-order chi connectivity index (χ1) is 14.0. The number of carbonyl (C=O) groups excluding carboxylic acids is 1. The average molecular weight is 402 g/mol. The second kappa shape index (κ2) is 8.18. The summed E-state index contributed by atoms with van der Waals surface area (Å²) in [7, 11) is -1.35. The van der Waals surface area contributed by atoms with Gasteiger partial charge in [0.15, 0.2) is 0 Å². The van der Waals surface area contributed by atoms with E-state index in [0.717, 1.165) is 26.9 Å². The first-order valence-corrected chi connectivity index (χ1v) is 10.9. The minimum absolute atomic E-state index is 0.00436. The van der Waals surface area contributed by atoms with E-state index in [1.807, 2.05) is 85.8 Å². The number of nitrogens with zero attached hydrogens (tertiary/aromatic N) is 1. The monoisotopic (exact) mass is 401 g/mol. The normalized spacial score (nSPS) is 13.3. The highest BCUT2D eigenvalue weighted by atomic mass is 32.2. The van der Waals surface area contributed by atoms with Crippen LogP contribution < -0.4 is 0 Å². The van der Waals surface area contributed by atoms with Gasteiger partial charge < -0.3 is 0 Å². The van der Waals surface area contributed by atoms with Crippen molar-refractivity contribution in [1.82, 2.24) is 4.57 Å². The number of rotatable bonds is 5. The van der Waals surface area contributed by atoms with Crippen molar-refractivity contribution < 1.29 is 9.00 Å². The van der Waals surface area contributed by atoms with Crippen molar-refractivity contribution in [3.8, 4) is 0 Å². The van der Waals surface area contributed by atoms with Gasteiger partial charge in [-0.05, 0) is 36.6 Å². The lowest BCUT2D eigenvalue weighted by Crippen LogP contribution is -2.12. The van der Waals surface area contributed by atoms with Crippen molar-refractivity contribution in [3.63, 3.8) is 0 Å². The molecule has 0 saturated heterocycles. The van der Waals surface area contributed by atoms with Crippen LogP contribution in [0.5, 0.6) is 0 Å². The molecule has 0 bridgehead atoms. The van der Waals surface area contributed by atoms with Crippen LogP contribution in [0, 0.1) is 6.92 Å². The molecule has 0 amide bonds. The minimum atomic E-state index is -1.35. The summed E-state index contributed by atoms with van der Waals surface area (Å²) >= 11 is 0. The fourth-order valence-electron chi connectivity index (χ4n) is 3.55. The highest BCUT2D eigenvalue weighted by Crippen LogP contribution is 2.29. The van der Waals surface area contributed by atoms with Crippen molar-refractivity contribution >= 4 is 27.6 Å². The fraction of sp³-hybridized carbons (Fsp3) is 0.160. The molecule has 4 heteroatoms. The van der Waals surface area contributed by atoms with Gasteiger partial charge in [0.1, 0.15) is 0 Å². The standard InChI is InChI=1S/C25H23NO2S/c1-18-12-14-21(15-13-18)29(28)24-17-26(23-11-7-6-10-22(23)24)25(27)16-19(2)20-8-4-3-5-9-20/h3-15,17,19H,16H2,1-2H3/t19-,29?/m1/s1. The third-order valence-corrected chi connectivity index (χ3v) is 6.65. The Morgan fingerprint density at radius 3 is 2.31 bits per heavy atom. The number of aryl methyl sites for hydroxylation is 1. The van der Waals surface area contributed by atoms with Crippen LogP contribution in [0.2, 0.25) is 0 Å². The molecule has 0 aliphatic carbocycles. The Balaban J connectivity index is 1.69. The zero-order valence-corrected chi connectivity index (χ0v) is 17.4. The molecule has 146 valence electrons. The zero-order chi connectivity index (χ0) is 20.4. The number of para-hydroxylation sites is 1. The van der Waals surface area contributed by atoms with Crippen LogP contribution in [0.4, 0.5) is 0 Å². The number of aromatic nitrogens is 1. The molecule has 0 aliphatic rings. The van der Waals surface area contributed by atoms with Gasteiger partial charge in [-0.1, -0.05) is 73.2 Å². The third kappa shape index (κ3) is 3.94. The number of carbonyl (C=O) groups is 1. The van der Waals surface area contributed by atoms with Gasteiger partial charge >= 0.3 is 0 Å². The maximum atomic E-state index is 13.2. The van der Waals surface area contributed by atoms with Gasteiger partial charge in [-0.2, -0.15) is 0 Å². The molecule has 3 nitrogen and oxygen atoms in total. The van der Waals surface area contributed by atoms with Gasteiger partial charge in [-0.25, -0.2) is 4.21 Å². The molecule has 2 atom stereocenters. The maximum absolute atomic E-state index is 13.2. The van der Waals surface area contributed by atoms with Crippen molar-refractivity contribution in [2.24, 2.45) is 0 Å². The number of fused-ring (bicyclic) bond motifs is 1. The Hall–Kier alpha value is -2.98. The topological polar surface area (TPSA) is 39.1 Å². The van der Waals surface area contributed by atoms with E-state index in [0.29, 0.717) is 11.3 Å². The van der Waals surface area contributed by atoms with E-state index in [9.17, 15) is 9.00 Å². The smallest absolute Gasteiger partial charge is 0.231 e. The highest BCUT2D eigenvalue weighted by molar-refractivity contribution is 7.85. The lowest BCUT2D eigenvalue weighted by Gasteiger charge is -2.12. The summed E-state index contributed by atoms with van der Waals surface area (Å²) in [6.45, 7) is 4.06. The van der Waals surface area contributed by atoms with E-state index >= 15 is 0 Å². The Bertz CT molecular complexity index is 1180. The molecule has 4 rings (SSSR count). The van der Waals surface area contributed by atoms with Crippen LogP contribution in [-0.4, -0.2) is 14.7 Å². The summed E-state index contributed by atoms with van der Waals surface area (Å²) in [5, 5.41) is 0.854. The lowest BCUT2D eigenvalue weighted by atomic mass is 9.97. The second-order valence-electron chi connectivity index (χ2n) is 7.37. The van der Waals surface area contributed by atoms with E-state index in [2.05, 4.69) is 6.92 Å². The number of benzene rings is 3. The first-order valence-electron chi connectivity index (χ1n) is 9.71. The third-order valence-electron chi connectivity index (χ3n) is 5.23. The van der Waals surface area contributed by atoms with Gasteiger partial charge in [-0.3, -0.25) is 9.36 Å². The summed E-state index contributed by atoms with van der Waals surface area (Å²) in [6, 6.07) is 25.4. The Kier molecular flexibility index (Phi) is 5.45. The van der Waals surface area contributed by atoms with Gasteiger partial charge in [-0.15, -0.1) is 0 Å². The Morgan fingerprint density at radius 2 is 1.59 bits per heavy atom. The van der Waals surface area contributed by atoms with Gasteiger partial charge in [0.2, 0.25) is 5.91 Å². The van der Waals surface area contributed by atoms with Crippen LogP contribution in [0.1, 0.15) is 35.2 Å². The predicted octanol–water partition coefficient (Wildman–Crippen LogP) is 5.95. The molecule has 0 N–H and O–H groups in total. The summed E-state index contributed by atoms with van der Waals surface area (Å²) in [6.07, 6.45) is 2.14. The zero-order valence-electron chi connectivity index (χ0n) is 16.5. The average Bonchev–Trinajstić information content (AvgIpc) is 3.14. The molecule has 0 saturated carbocycles. The van der Waals surface area contributed by atoms with Crippen LogP contribution in [0.15, 0.2) is 94.9 Å². The van der Waals surface area contributed by atoms with E-state index in [-0.39, 0.29) is 11.8 Å². The summed E-state index contributed by atoms with van der Waals surface area (Å²) in [5.74, 6) is 0.112. The van der Waals surface area contributed by atoms with Crippen LogP contribution >= 0.6 is 0 Å². The Labute approximate surface area is 173 Å². The van der Waals surface area contributed by atoms with Crippen molar-refractivity contribution in [2.75, 3.05) is 0 Å². The molecule has 1 aromatic heterocycles. The molecule has 29 heavy (non-hydrogen) atoms. The minimum Gasteiger partial charge on any atom is -0.286 e. The maximum Gasteiger partial charge on any atom is 0.231 e. The second-order valence-corrected chi connectivity index (χ2v) is 8.82. The molecule has 0 radical (unpaired) electrons. The van der Waals surface area contributed by atoms with Crippen LogP contribution in [-0.2, 0) is 10.8 Å². The van der Waals surface area contributed by atoms with E-state index in [4.69, 9.17) is 0 Å². The van der Waals surface area contributed by atoms with Crippen LogP contribution in [0.25, 0.3) is 10.9 Å². The summed E-state index contributed by atoms with van der Waals surface area (Å²) in [4.78, 5) is 14.5. The van der Waals surface area contributed by atoms with Crippen LogP contribution in [0.3, 0.4) is 0 Å². The highest BCUT2D eigenvalue weighted by Gasteiger charge is 2.20. The molecule has 3 aromatic carbocycles. The molecule has 0 fully saturated rings. The summed E-state index contributed by atoms with van der Waals surface area (Å²) in [5.41, 5.74) is 3.06.